The van der Waals surface area contributed by atoms with Gasteiger partial charge in [-0.05, 0) is 107 Å². The van der Waals surface area contributed by atoms with Crippen LogP contribution in [0.25, 0.3) is 22.5 Å². The molecular formula is C50H74N6O4S2. The van der Waals surface area contributed by atoms with Gasteiger partial charge in [0.2, 0.25) is 0 Å². The van der Waals surface area contributed by atoms with Crippen LogP contribution in [0.1, 0.15) is 129 Å². The summed E-state index contributed by atoms with van der Waals surface area (Å²) in [6.45, 7) is 24.2. The van der Waals surface area contributed by atoms with E-state index in [9.17, 15) is 5.11 Å². The van der Waals surface area contributed by atoms with Gasteiger partial charge in [0.15, 0.2) is 10.3 Å². The molecule has 5 aliphatic rings. The fourth-order valence-electron chi connectivity index (χ4n) is 9.49. The number of nitrogens with two attached hydrogens (primary N) is 1. The molecule has 2 aromatic heterocycles. The lowest BCUT2D eigenvalue weighted by Crippen LogP contribution is -2.45. The number of nitrogens with zero attached hydrogens (tertiary/aromatic N) is 4. The fourth-order valence-corrected chi connectivity index (χ4v) is 11.3. The molecule has 12 heteroatoms. The lowest BCUT2D eigenvalue weighted by Gasteiger charge is -2.42. The highest BCUT2D eigenvalue weighted by Gasteiger charge is 2.38. The van der Waals surface area contributed by atoms with Crippen molar-refractivity contribution >= 4 is 32.9 Å². The predicted molar refractivity (Wildman–Crippen MR) is 258 cm³/mol. The van der Waals surface area contributed by atoms with E-state index in [2.05, 4.69) is 122 Å². The van der Waals surface area contributed by atoms with Crippen molar-refractivity contribution < 1.29 is 20.1 Å². The third kappa shape index (κ3) is 11.1. The van der Waals surface area contributed by atoms with Gasteiger partial charge in [0.1, 0.15) is 6.10 Å². The van der Waals surface area contributed by atoms with Crippen LogP contribution in [0.15, 0.2) is 47.2 Å². The Morgan fingerprint density at radius 3 is 1.50 bits per heavy atom. The molecular weight excluding hydrogens is 813 g/mol. The summed E-state index contributed by atoms with van der Waals surface area (Å²) in [7, 11) is 0. The number of aromatic nitrogens is 2. The first-order valence-corrected chi connectivity index (χ1v) is 24.9. The number of piperidine rings is 2. The molecule has 62 heavy (non-hydrogen) atoms. The van der Waals surface area contributed by atoms with E-state index < -0.39 is 6.10 Å². The Morgan fingerprint density at radius 1 is 0.694 bits per heavy atom. The second kappa shape index (κ2) is 19.3. The third-order valence-corrected chi connectivity index (χ3v) is 16.1. The molecule has 2 atom stereocenters. The molecule has 9 rings (SSSR count). The minimum atomic E-state index is -0.674. The second-order valence-electron chi connectivity index (χ2n) is 21.1. The van der Waals surface area contributed by atoms with E-state index in [0.717, 1.165) is 80.1 Å². The molecule has 5 heterocycles. The maximum Gasteiger partial charge on any atom is 0.185 e. The molecule has 0 amide bonds. The van der Waals surface area contributed by atoms with Crippen molar-refractivity contribution in [1.82, 2.24) is 15.3 Å². The van der Waals surface area contributed by atoms with Crippen LogP contribution in [0.2, 0.25) is 0 Å². The van der Waals surface area contributed by atoms with Gasteiger partial charge in [-0.3, -0.25) is 0 Å². The van der Waals surface area contributed by atoms with Crippen molar-refractivity contribution in [2.45, 2.75) is 153 Å². The number of anilines is 2. The van der Waals surface area contributed by atoms with Crippen molar-refractivity contribution in [3.8, 4) is 22.5 Å². The van der Waals surface area contributed by atoms with Crippen molar-refractivity contribution in [1.29, 1.82) is 0 Å². The van der Waals surface area contributed by atoms with Crippen LogP contribution in [-0.2, 0) is 26.4 Å². The maximum absolute atomic E-state index is 9.53. The Kier molecular flexibility index (Phi) is 14.6. The first-order chi connectivity index (χ1) is 29.4. The maximum atomic E-state index is 9.53. The third-order valence-electron chi connectivity index (χ3n) is 14.3. The predicted octanol–water partition coefficient (Wildman–Crippen LogP) is 8.53. The Labute approximate surface area is 379 Å². The summed E-state index contributed by atoms with van der Waals surface area (Å²) in [6.07, 6.45) is 8.64. The number of benzene rings is 2. The standard InChI is InChI=1S/C25H37N3O2S.C22H31N3S.C3H6O2/c1-24(2)9-10-25(3,4)21-13-17(5-6-20(21)24)22-16-31-23(27-22)28-11-7-18(8-12-28)26-14-19(30)15-29;1-21(2)9-10-22(3,4)18-13-15(5-6-17(18)21)19-14-26-20(24-19)25-11-7-16(23)8-12-25;4-1-3-2-5-3/h5-6,13,16,18-19,26,29-30H,7-12,14-15H2,1-4H3;5-6,13-14,16H,7-12,23H2,1-4H3;3-4H,1-2H2. The molecule has 3 saturated heterocycles. The highest BCUT2D eigenvalue weighted by molar-refractivity contribution is 7.14. The second-order valence-corrected chi connectivity index (χ2v) is 22.7. The van der Waals surface area contributed by atoms with Crippen LogP contribution in [0.4, 0.5) is 10.3 Å². The van der Waals surface area contributed by atoms with E-state index in [4.69, 9.17) is 25.9 Å². The molecule has 0 radical (unpaired) electrons. The first-order valence-electron chi connectivity index (χ1n) is 23.1. The molecule has 340 valence electrons. The van der Waals surface area contributed by atoms with E-state index in [1.807, 2.05) is 0 Å². The number of aliphatic hydroxyl groups is 3. The summed E-state index contributed by atoms with van der Waals surface area (Å²) in [4.78, 5) is 14.7. The van der Waals surface area contributed by atoms with Gasteiger partial charge in [-0.1, -0.05) is 79.7 Å². The van der Waals surface area contributed by atoms with Crippen molar-refractivity contribution in [3.05, 3.63) is 69.4 Å². The number of hydrogen-bond acceptors (Lipinski definition) is 12. The number of fused-ring (bicyclic) bond motifs is 2. The zero-order chi connectivity index (χ0) is 44.5. The fraction of sp³-hybridized carbons (Fsp3) is 0.640. The minimum Gasteiger partial charge on any atom is -0.394 e. The van der Waals surface area contributed by atoms with Gasteiger partial charge in [0, 0.05) is 66.7 Å². The average Bonchev–Trinajstić information content (AvgIpc) is 3.75. The van der Waals surface area contributed by atoms with Crippen molar-refractivity contribution in [3.63, 3.8) is 0 Å². The van der Waals surface area contributed by atoms with Crippen molar-refractivity contribution in [2.24, 2.45) is 5.73 Å². The molecule has 3 aliphatic heterocycles. The monoisotopic (exact) mass is 887 g/mol. The Balaban J connectivity index is 0.000000169. The molecule has 10 nitrogen and oxygen atoms in total. The smallest absolute Gasteiger partial charge is 0.185 e. The Morgan fingerprint density at radius 2 is 1.11 bits per heavy atom. The zero-order valence-electron chi connectivity index (χ0n) is 38.7. The number of epoxide rings is 1. The number of nitrogens with one attached hydrogen (secondary N) is 1. The van der Waals surface area contributed by atoms with Gasteiger partial charge in [-0.2, -0.15) is 0 Å². The zero-order valence-corrected chi connectivity index (χ0v) is 40.3. The van der Waals surface area contributed by atoms with Gasteiger partial charge < -0.3 is 40.9 Å². The lowest BCUT2D eigenvalue weighted by molar-refractivity contribution is 0.0909. The summed E-state index contributed by atoms with van der Waals surface area (Å²) in [6, 6.07) is 14.8. The van der Waals surface area contributed by atoms with Gasteiger partial charge >= 0.3 is 0 Å². The quantitative estimate of drug-likeness (QED) is 0.104. The number of rotatable bonds is 9. The van der Waals surface area contributed by atoms with E-state index >= 15 is 0 Å². The molecule has 6 N–H and O–H groups in total. The van der Waals surface area contributed by atoms with Crippen LogP contribution in [0.3, 0.4) is 0 Å². The number of aliphatic hydroxyl groups excluding tert-OH is 3. The molecule has 0 spiro atoms. The number of hydrogen-bond donors (Lipinski definition) is 5. The van der Waals surface area contributed by atoms with Gasteiger partial charge in [-0.15, -0.1) is 22.7 Å². The van der Waals surface area contributed by atoms with Gasteiger partial charge in [-0.25, -0.2) is 9.97 Å². The lowest BCUT2D eigenvalue weighted by atomic mass is 9.63. The molecule has 0 bridgehead atoms. The van der Waals surface area contributed by atoms with E-state index in [1.165, 1.54) is 59.1 Å². The van der Waals surface area contributed by atoms with Crippen LogP contribution in [-0.4, -0.2) is 102 Å². The van der Waals surface area contributed by atoms with E-state index in [-0.39, 0.29) is 41.0 Å². The highest BCUT2D eigenvalue weighted by Crippen LogP contribution is 2.48. The summed E-state index contributed by atoms with van der Waals surface area (Å²) in [5, 5.41) is 36.6. The Hall–Kier alpha value is -2.94. The molecule has 2 aliphatic carbocycles. The van der Waals surface area contributed by atoms with Crippen LogP contribution in [0.5, 0.6) is 0 Å². The van der Waals surface area contributed by atoms with Crippen molar-refractivity contribution in [2.75, 3.05) is 62.3 Å². The molecule has 0 saturated carbocycles. The van der Waals surface area contributed by atoms with E-state index in [0.29, 0.717) is 18.6 Å². The first kappa shape index (κ1) is 47.0. The largest absolute Gasteiger partial charge is 0.394 e. The van der Waals surface area contributed by atoms with Gasteiger partial charge in [0.05, 0.1) is 37.3 Å². The number of thiazole rings is 2. The summed E-state index contributed by atoms with van der Waals surface area (Å²) >= 11 is 3.50. The molecule has 4 aromatic rings. The summed E-state index contributed by atoms with van der Waals surface area (Å²) < 4.78 is 4.61. The SMILES string of the molecule is CC1(C)CCC(C)(C)c2cc(-c3csc(N4CCC(N)CC4)n3)ccc21.CC1(C)CCC(C)(C)c2cc(-c3csc(N4CCC(NCC(O)CO)CC4)n3)ccc21.OCC1CO1. The molecule has 2 aromatic carbocycles. The van der Waals surface area contributed by atoms with E-state index in [1.54, 1.807) is 22.7 Å². The molecule has 3 fully saturated rings. The average molecular weight is 887 g/mol. The van der Waals surface area contributed by atoms with Crippen LogP contribution >= 0.6 is 22.7 Å². The Bertz CT molecular complexity index is 2090. The van der Waals surface area contributed by atoms with Crippen LogP contribution < -0.4 is 20.9 Å². The normalized spacial score (nSPS) is 22.9. The topological polar surface area (TPSA) is 144 Å². The summed E-state index contributed by atoms with van der Waals surface area (Å²) in [5.74, 6) is 0. The highest BCUT2D eigenvalue weighted by atomic mass is 32.1. The minimum absolute atomic E-state index is 0.189. The van der Waals surface area contributed by atoms with Gasteiger partial charge in [0.25, 0.3) is 0 Å². The van der Waals surface area contributed by atoms with Crippen LogP contribution in [0, 0.1) is 0 Å². The summed E-state index contributed by atoms with van der Waals surface area (Å²) in [5.41, 5.74) is 17.6. The number of ether oxygens (including phenoxy) is 1. The molecule has 2 unspecified atom stereocenters.